The molecule has 9 heteroatoms. The zero-order chi connectivity index (χ0) is 22.5. The molecule has 0 aliphatic carbocycles. The van der Waals surface area contributed by atoms with Crippen LogP contribution in [0.25, 0.3) is 11.4 Å². The number of nitrogen functional groups attached to an aromatic ring is 1. The smallest absolute Gasteiger partial charge is 0.166 e. The van der Waals surface area contributed by atoms with Gasteiger partial charge in [0, 0.05) is 59.2 Å². The zero-order valence-electron chi connectivity index (χ0n) is 17.2. The lowest BCUT2D eigenvalue weighted by Crippen LogP contribution is -2.24. The van der Waals surface area contributed by atoms with Gasteiger partial charge in [-0.2, -0.15) is 0 Å². The maximum atomic E-state index is 14.1. The summed E-state index contributed by atoms with van der Waals surface area (Å²) in [4.78, 5) is 4.24. The molecule has 0 fully saturated rings. The predicted octanol–water partition coefficient (Wildman–Crippen LogP) is 4.07. The Labute approximate surface area is 185 Å². The molecular weight excluding hydrogens is 419 g/mol. The number of hydrogen-bond donors (Lipinski definition) is 5. The first kappa shape index (κ1) is 22.3. The number of nitrogens with one attached hydrogen (secondary N) is 4. The third kappa shape index (κ3) is 5.03. The van der Waals surface area contributed by atoms with Gasteiger partial charge in [-0.1, -0.05) is 11.6 Å². The van der Waals surface area contributed by atoms with Crippen molar-refractivity contribution in [1.29, 1.82) is 10.8 Å². The van der Waals surface area contributed by atoms with Crippen LogP contribution in [0.5, 0.6) is 5.75 Å². The Morgan fingerprint density at radius 1 is 1.45 bits per heavy atom. The highest BCUT2D eigenvalue weighted by Gasteiger charge is 2.21. The maximum Gasteiger partial charge on any atom is 0.166 e. The van der Waals surface area contributed by atoms with Crippen LogP contribution in [-0.2, 0) is 0 Å². The molecule has 0 spiro atoms. The molecule has 7 nitrogen and oxygen atoms in total. The fourth-order valence-corrected chi connectivity index (χ4v) is 3.50. The molecule has 3 rings (SSSR count). The summed E-state index contributed by atoms with van der Waals surface area (Å²) >= 11 is 5.86. The van der Waals surface area contributed by atoms with E-state index in [1.807, 2.05) is 6.92 Å². The Morgan fingerprint density at radius 3 is 2.90 bits per heavy atom. The summed E-state index contributed by atoms with van der Waals surface area (Å²) in [6.45, 7) is 4.62. The van der Waals surface area contributed by atoms with E-state index in [0.717, 1.165) is 0 Å². The Balaban J connectivity index is 2.27. The minimum absolute atomic E-state index is 0.190. The molecule has 1 atom stereocenters. The van der Waals surface area contributed by atoms with Crippen molar-refractivity contribution in [3.05, 3.63) is 64.6 Å². The fourth-order valence-electron chi connectivity index (χ4n) is 3.39. The van der Waals surface area contributed by atoms with E-state index >= 15 is 0 Å². The first-order valence-electron chi connectivity index (χ1n) is 9.73. The van der Waals surface area contributed by atoms with Crippen molar-refractivity contribution in [2.75, 3.05) is 18.8 Å². The number of fused-ring (bicyclic) bond motifs is 3. The van der Waals surface area contributed by atoms with Crippen LogP contribution in [-0.4, -0.2) is 29.5 Å². The van der Waals surface area contributed by atoms with Crippen LogP contribution in [0, 0.1) is 16.6 Å². The van der Waals surface area contributed by atoms with Crippen LogP contribution in [0.3, 0.4) is 0 Å². The number of allylic oxidation sites excluding steroid dienone is 1. The molecule has 0 saturated heterocycles. The molecule has 2 aromatic rings. The van der Waals surface area contributed by atoms with Crippen molar-refractivity contribution in [2.45, 2.75) is 20.0 Å². The molecule has 1 aliphatic rings. The van der Waals surface area contributed by atoms with Gasteiger partial charge in [-0.15, -0.1) is 0 Å². The molecule has 0 amide bonds. The van der Waals surface area contributed by atoms with Crippen molar-refractivity contribution in [1.82, 2.24) is 15.6 Å². The number of benzene rings is 1. The number of ether oxygens (including phenoxy) is 1. The molecule has 2 heterocycles. The van der Waals surface area contributed by atoms with Crippen LogP contribution < -0.4 is 21.1 Å². The largest absolute Gasteiger partial charge is 0.482 e. The molecule has 31 heavy (non-hydrogen) atoms. The van der Waals surface area contributed by atoms with E-state index in [4.69, 9.17) is 32.9 Å². The summed E-state index contributed by atoms with van der Waals surface area (Å²) in [6, 6.07) is 6.07. The van der Waals surface area contributed by atoms with E-state index in [0.29, 0.717) is 46.0 Å². The lowest BCUT2D eigenvalue weighted by atomic mass is 9.99. The first-order chi connectivity index (χ1) is 14.8. The van der Waals surface area contributed by atoms with Crippen LogP contribution >= 0.6 is 11.6 Å². The highest BCUT2D eigenvalue weighted by Crippen LogP contribution is 2.33. The Bertz CT molecular complexity index is 1080. The van der Waals surface area contributed by atoms with Gasteiger partial charge in [-0.3, -0.25) is 5.41 Å². The highest BCUT2D eigenvalue weighted by atomic mass is 35.5. The highest BCUT2D eigenvalue weighted by molar-refractivity contribution is 6.68. The van der Waals surface area contributed by atoms with Crippen molar-refractivity contribution in [3.63, 3.8) is 0 Å². The van der Waals surface area contributed by atoms with E-state index in [1.54, 1.807) is 25.3 Å². The maximum absolute atomic E-state index is 14.1. The fraction of sp³-hybridized carbons (Fsp3) is 0.227. The second-order valence-electron chi connectivity index (χ2n) is 6.93. The third-order valence-electron chi connectivity index (χ3n) is 4.81. The van der Waals surface area contributed by atoms with E-state index in [1.165, 1.54) is 24.4 Å². The van der Waals surface area contributed by atoms with E-state index in [2.05, 4.69) is 15.6 Å². The topological polar surface area (TPSA) is 120 Å². The lowest BCUT2D eigenvalue weighted by molar-refractivity contribution is 0.226. The van der Waals surface area contributed by atoms with Crippen LogP contribution in [0.1, 0.15) is 36.6 Å². The number of nitrogens with two attached hydrogens (primary N) is 1. The first-order valence-corrected chi connectivity index (χ1v) is 10.1. The van der Waals surface area contributed by atoms with Gasteiger partial charge in [0.1, 0.15) is 17.1 Å². The van der Waals surface area contributed by atoms with Crippen molar-refractivity contribution in [2.24, 2.45) is 0 Å². The number of halogens is 2. The van der Waals surface area contributed by atoms with E-state index in [9.17, 15) is 4.39 Å². The zero-order valence-corrected chi connectivity index (χ0v) is 18.0. The molecule has 0 saturated carbocycles. The molecule has 1 aromatic carbocycles. The van der Waals surface area contributed by atoms with Gasteiger partial charge in [0.25, 0.3) is 0 Å². The average molecular weight is 443 g/mol. The Morgan fingerprint density at radius 2 is 2.23 bits per heavy atom. The van der Waals surface area contributed by atoms with Crippen molar-refractivity contribution in [3.8, 4) is 5.75 Å². The SMILES string of the molecule is CCN/C1=C(\C=N)CN/C(=C\C(=N)Cl)c2ccc(F)cc2C(C)Oc2cc1cnc2N. The number of aromatic nitrogens is 1. The molecule has 1 aromatic heterocycles. The summed E-state index contributed by atoms with van der Waals surface area (Å²) in [5.41, 5.74) is 9.78. The molecule has 1 unspecified atom stereocenters. The summed E-state index contributed by atoms with van der Waals surface area (Å²) < 4.78 is 20.2. The Kier molecular flexibility index (Phi) is 6.91. The molecule has 6 N–H and O–H groups in total. The monoisotopic (exact) mass is 442 g/mol. The van der Waals surface area contributed by atoms with Gasteiger partial charge in [-0.05, 0) is 44.2 Å². The standard InChI is InChI=1S/C22H24ClFN6O/c1-3-28-21-13-6-19(22(27)30-10-13)31-12(2)17-7-15(24)4-5-16(17)18(8-20(23)26)29-11-14(21)9-25/h4-10,12,25-26,28-29H,3,11H2,1-2H3,(H2,27,30)/b18-8-,21-14+,25-9?,26-20?. The van der Waals surface area contributed by atoms with E-state index in [-0.39, 0.29) is 17.5 Å². The lowest BCUT2D eigenvalue weighted by Gasteiger charge is -2.24. The number of hydrogen-bond acceptors (Lipinski definition) is 7. The molecule has 1 aliphatic heterocycles. The molecular formula is C22H24ClFN6O. The average Bonchev–Trinajstić information content (AvgIpc) is 2.73. The van der Waals surface area contributed by atoms with Gasteiger partial charge >= 0.3 is 0 Å². The third-order valence-corrected chi connectivity index (χ3v) is 4.91. The van der Waals surface area contributed by atoms with Crippen LogP contribution in [0.4, 0.5) is 10.2 Å². The molecule has 2 bridgehead atoms. The quantitative estimate of drug-likeness (QED) is 0.457. The Hall–Kier alpha value is -3.39. The minimum atomic E-state index is -0.576. The molecule has 162 valence electrons. The summed E-state index contributed by atoms with van der Waals surface area (Å²) in [5, 5.41) is 22.0. The van der Waals surface area contributed by atoms with E-state index < -0.39 is 11.9 Å². The van der Waals surface area contributed by atoms with Gasteiger partial charge < -0.3 is 26.5 Å². The van der Waals surface area contributed by atoms with Gasteiger partial charge in [0.15, 0.2) is 11.6 Å². The minimum Gasteiger partial charge on any atom is -0.482 e. The van der Waals surface area contributed by atoms with Crippen LogP contribution in [0.2, 0.25) is 0 Å². The number of rotatable bonds is 4. The number of nitrogens with zero attached hydrogens (tertiary/aromatic N) is 1. The predicted molar refractivity (Wildman–Crippen MR) is 123 cm³/mol. The van der Waals surface area contributed by atoms with Crippen molar-refractivity contribution >= 4 is 40.2 Å². The molecule has 0 radical (unpaired) electrons. The second kappa shape index (κ2) is 9.61. The summed E-state index contributed by atoms with van der Waals surface area (Å²) in [6.07, 6.45) is 3.72. The van der Waals surface area contributed by atoms with Crippen LogP contribution in [0.15, 0.2) is 42.1 Å². The summed E-state index contributed by atoms with van der Waals surface area (Å²) in [5.74, 6) is 0.134. The van der Waals surface area contributed by atoms with Gasteiger partial charge in [0.2, 0.25) is 0 Å². The van der Waals surface area contributed by atoms with Crippen molar-refractivity contribution < 1.29 is 9.13 Å². The number of pyridine rings is 1. The van der Waals surface area contributed by atoms with Gasteiger partial charge in [0.05, 0.1) is 0 Å². The normalized spacial score (nSPS) is 19.9. The number of anilines is 1. The van der Waals surface area contributed by atoms with Gasteiger partial charge in [-0.25, -0.2) is 9.37 Å². The summed E-state index contributed by atoms with van der Waals surface area (Å²) in [7, 11) is 0. The second-order valence-corrected chi connectivity index (χ2v) is 7.34.